The van der Waals surface area contributed by atoms with E-state index in [1.165, 1.54) is 19.2 Å². The molecule has 2 atom stereocenters. The number of ether oxygens (including phenoxy) is 2. The summed E-state index contributed by atoms with van der Waals surface area (Å²) in [4.78, 5) is 11.1. The van der Waals surface area contributed by atoms with E-state index in [0.29, 0.717) is 0 Å². The fraction of sp³-hybridized carbons (Fsp3) is 0.364. The van der Waals surface area contributed by atoms with Crippen molar-refractivity contribution in [1.29, 1.82) is 0 Å². The molecule has 1 aliphatic rings. The molecular weight excluding hydrogens is 279 g/mol. The fourth-order valence-electron chi connectivity index (χ4n) is 1.59. The number of hydrogen-bond donors (Lipinski definition) is 0. The van der Waals surface area contributed by atoms with Gasteiger partial charge < -0.3 is 9.47 Å². The number of ketones is 1. The lowest BCUT2D eigenvalue weighted by Crippen LogP contribution is -2.51. The SMILES string of the molecule is COC1C(=O)CC1Oc1cc(Br)ccc1F. The molecule has 1 aliphatic carbocycles. The third kappa shape index (κ3) is 2.10. The molecule has 0 saturated heterocycles. The van der Waals surface area contributed by atoms with Crippen molar-refractivity contribution >= 4 is 21.7 Å². The molecule has 0 N–H and O–H groups in total. The van der Waals surface area contributed by atoms with E-state index in [0.717, 1.165) is 4.47 Å². The molecule has 3 nitrogen and oxygen atoms in total. The summed E-state index contributed by atoms with van der Waals surface area (Å²) in [5, 5.41) is 0. The highest BCUT2D eigenvalue weighted by atomic mass is 79.9. The molecule has 1 aromatic carbocycles. The zero-order valence-electron chi connectivity index (χ0n) is 8.57. The van der Waals surface area contributed by atoms with E-state index in [1.54, 1.807) is 6.07 Å². The van der Waals surface area contributed by atoms with Gasteiger partial charge in [-0.2, -0.15) is 0 Å². The number of hydrogen-bond acceptors (Lipinski definition) is 3. The molecule has 16 heavy (non-hydrogen) atoms. The second-order valence-electron chi connectivity index (χ2n) is 3.56. The van der Waals surface area contributed by atoms with Crippen LogP contribution in [0.2, 0.25) is 0 Å². The van der Waals surface area contributed by atoms with Gasteiger partial charge in [-0.25, -0.2) is 4.39 Å². The topological polar surface area (TPSA) is 35.5 Å². The fourth-order valence-corrected chi connectivity index (χ4v) is 1.93. The molecule has 0 bridgehead atoms. The van der Waals surface area contributed by atoms with E-state index in [9.17, 15) is 9.18 Å². The lowest BCUT2D eigenvalue weighted by atomic mass is 9.90. The van der Waals surface area contributed by atoms with Gasteiger partial charge in [0, 0.05) is 18.0 Å². The number of halogens is 2. The Morgan fingerprint density at radius 1 is 1.50 bits per heavy atom. The second kappa shape index (κ2) is 4.51. The van der Waals surface area contributed by atoms with Gasteiger partial charge in [-0.3, -0.25) is 4.79 Å². The van der Waals surface area contributed by atoms with Gasteiger partial charge in [0.25, 0.3) is 0 Å². The zero-order chi connectivity index (χ0) is 11.7. The second-order valence-corrected chi connectivity index (χ2v) is 4.47. The first kappa shape index (κ1) is 11.5. The van der Waals surface area contributed by atoms with E-state index >= 15 is 0 Å². The third-order valence-electron chi connectivity index (χ3n) is 2.48. The number of Topliss-reactive ketones (excluding diaryl/α,β-unsaturated/α-hetero) is 1. The average Bonchev–Trinajstić information content (AvgIpc) is 2.23. The Balaban J connectivity index is 2.10. The van der Waals surface area contributed by atoms with Crippen LogP contribution in [0.1, 0.15) is 6.42 Å². The van der Waals surface area contributed by atoms with Crippen LogP contribution < -0.4 is 4.74 Å². The molecule has 1 saturated carbocycles. The Morgan fingerprint density at radius 2 is 2.25 bits per heavy atom. The van der Waals surface area contributed by atoms with Gasteiger partial charge in [0.05, 0.1) is 0 Å². The summed E-state index contributed by atoms with van der Waals surface area (Å²) in [6, 6.07) is 4.43. The predicted octanol–water partition coefficient (Wildman–Crippen LogP) is 2.32. The largest absolute Gasteiger partial charge is 0.484 e. The van der Waals surface area contributed by atoms with Gasteiger partial charge in [-0.1, -0.05) is 15.9 Å². The lowest BCUT2D eigenvalue weighted by molar-refractivity contribution is -0.151. The summed E-state index contributed by atoms with van der Waals surface area (Å²) in [7, 11) is 1.44. The van der Waals surface area contributed by atoms with E-state index < -0.39 is 11.9 Å². The number of methoxy groups -OCH3 is 1. The lowest BCUT2D eigenvalue weighted by Gasteiger charge is -2.33. The summed E-state index contributed by atoms with van der Waals surface area (Å²) in [6.07, 6.45) is -0.690. The predicted molar refractivity (Wildman–Crippen MR) is 58.9 cm³/mol. The van der Waals surface area contributed by atoms with Crippen molar-refractivity contribution in [2.45, 2.75) is 18.6 Å². The number of benzene rings is 1. The Labute approximate surface area is 101 Å². The van der Waals surface area contributed by atoms with Crippen molar-refractivity contribution in [3.63, 3.8) is 0 Å². The number of carbonyl (C=O) groups is 1. The molecule has 1 aromatic rings. The summed E-state index contributed by atoms with van der Waals surface area (Å²) >= 11 is 3.23. The molecule has 0 spiro atoms. The first-order valence-corrected chi connectivity index (χ1v) is 5.58. The Hall–Kier alpha value is -0.940. The molecular formula is C11H10BrFO3. The molecule has 0 amide bonds. The van der Waals surface area contributed by atoms with Gasteiger partial charge in [-0.15, -0.1) is 0 Å². The van der Waals surface area contributed by atoms with Gasteiger partial charge in [0.15, 0.2) is 23.5 Å². The molecule has 86 valence electrons. The number of rotatable bonds is 3. The summed E-state index contributed by atoms with van der Waals surface area (Å²) in [5.41, 5.74) is 0. The van der Waals surface area contributed by atoms with Crippen molar-refractivity contribution in [3.8, 4) is 5.75 Å². The zero-order valence-corrected chi connectivity index (χ0v) is 10.2. The van der Waals surface area contributed by atoms with E-state index in [4.69, 9.17) is 9.47 Å². The highest BCUT2D eigenvalue weighted by Crippen LogP contribution is 2.29. The maximum atomic E-state index is 13.3. The van der Waals surface area contributed by atoms with Crippen molar-refractivity contribution in [2.24, 2.45) is 0 Å². The van der Waals surface area contributed by atoms with E-state index in [2.05, 4.69) is 15.9 Å². The van der Waals surface area contributed by atoms with Gasteiger partial charge in [0.1, 0.15) is 6.10 Å². The molecule has 0 radical (unpaired) electrons. The maximum absolute atomic E-state index is 13.3. The van der Waals surface area contributed by atoms with Gasteiger partial charge in [-0.05, 0) is 18.2 Å². The van der Waals surface area contributed by atoms with Gasteiger partial charge in [0.2, 0.25) is 0 Å². The summed E-state index contributed by atoms with van der Waals surface area (Å²) in [6.45, 7) is 0. The van der Waals surface area contributed by atoms with Crippen molar-refractivity contribution < 1.29 is 18.7 Å². The van der Waals surface area contributed by atoms with Crippen LogP contribution >= 0.6 is 15.9 Å². The van der Waals surface area contributed by atoms with Crippen molar-refractivity contribution in [1.82, 2.24) is 0 Å². The smallest absolute Gasteiger partial charge is 0.169 e. The monoisotopic (exact) mass is 288 g/mol. The number of carbonyl (C=O) groups excluding carboxylic acids is 1. The minimum Gasteiger partial charge on any atom is -0.484 e. The Morgan fingerprint density at radius 3 is 2.88 bits per heavy atom. The van der Waals surface area contributed by atoms with E-state index in [1.807, 2.05) is 0 Å². The van der Waals surface area contributed by atoms with Crippen LogP contribution in [0.4, 0.5) is 4.39 Å². The Kier molecular flexibility index (Phi) is 3.25. The van der Waals surface area contributed by atoms with Crippen LogP contribution in [-0.2, 0) is 9.53 Å². The first-order valence-electron chi connectivity index (χ1n) is 4.79. The summed E-state index contributed by atoms with van der Waals surface area (Å²) < 4.78 is 24.4. The highest BCUT2D eigenvalue weighted by Gasteiger charge is 2.42. The minimum atomic E-state index is -0.571. The average molecular weight is 289 g/mol. The van der Waals surface area contributed by atoms with Crippen LogP contribution in [0.5, 0.6) is 5.75 Å². The van der Waals surface area contributed by atoms with Crippen molar-refractivity contribution in [2.75, 3.05) is 7.11 Å². The third-order valence-corrected chi connectivity index (χ3v) is 2.98. The van der Waals surface area contributed by atoms with Crippen LogP contribution in [0.3, 0.4) is 0 Å². The molecule has 2 rings (SSSR count). The highest BCUT2D eigenvalue weighted by molar-refractivity contribution is 9.10. The summed E-state index contributed by atoms with van der Waals surface area (Å²) in [5.74, 6) is -0.325. The molecule has 0 aromatic heterocycles. The van der Waals surface area contributed by atoms with E-state index in [-0.39, 0.29) is 24.1 Å². The molecule has 5 heteroatoms. The van der Waals surface area contributed by atoms with Crippen LogP contribution in [0, 0.1) is 5.82 Å². The Bertz CT molecular complexity index is 422. The van der Waals surface area contributed by atoms with Gasteiger partial charge >= 0.3 is 0 Å². The molecule has 0 aliphatic heterocycles. The maximum Gasteiger partial charge on any atom is 0.169 e. The normalized spacial score (nSPS) is 24.1. The molecule has 0 heterocycles. The van der Waals surface area contributed by atoms with Crippen molar-refractivity contribution in [3.05, 3.63) is 28.5 Å². The minimum absolute atomic E-state index is 0.0112. The molecule has 2 unspecified atom stereocenters. The quantitative estimate of drug-likeness (QED) is 0.856. The van der Waals surface area contributed by atoms with Crippen LogP contribution in [-0.4, -0.2) is 25.1 Å². The first-order chi connectivity index (χ1) is 7.61. The standard InChI is InChI=1S/C11H10BrFO3/c1-15-11-8(14)5-10(11)16-9-4-6(12)2-3-7(9)13/h2-4,10-11H,5H2,1H3. The van der Waals surface area contributed by atoms with Crippen LogP contribution in [0.15, 0.2) is 22.7 Å². The van der Waals surface area contributed by atoms with Crippen LogP contribution in [0.25, 0.3) is 0 Å². The molecule has 1 fully saturated rings.